The van der Waals surface area contributed by atoms with Crippen molar-refractivity contribution in [1.29, 1.82) is 0 Å². The van der Waals surface area contributed by atoms with Crippen LogP contribution in [0.15, 0.2) is 42.5 Å². The highest BCUT2D eigenvalue weighted by molar-refractivity contribution is 6.30. The number of pyridine rings is 1. The van der Waals surface area contributed by atoms with Crippen LogP contribution in [0, 0.1) is 0 Å². The van der Waals surface area contributed by atoms with Gasteiger partial charge in [0.2, 0.25) is 0 Å². The fourth-order valence-electron chi connectivity index (χ4n) is 1.93. The molecule has 21 heavy (non-hydrogen) atoms. The van der Waals surface area contributed by atoms with Crippen LogP contribution < -0.4 is 5.73 Å². The minimum atomic E-state index is -0.696. The Morgan fingerprint density at radius 1 is 1.29 bits per heavy atom. The molecule has 0 aliphatic heterocycles. The predicted octanol–water partition coefficient (Wildman–Crippen LogP) is 2.83. The second-order valence-electron chi connectivity index (χ2n) is 4.58. The van der Waals surface area contributed by atoms with E-state index in [-0.39, 0.29) is 0 Å². The second kappa shape index (κ2) is 7.20. The van der Waals surface area contributed by atoms with Gasteiger partial charge in [0.1, 0.15) is 6.04 Å². The topological polar surface area (TPSA) is 65.2 Å². The van der Waals surface area contributed by atoms with E-state index in [0.717, 1.165) is 17.0 Å². The largest absolute Gasteiger partial charge is 0.465 e. The van der Waals surface area contributed by atoms with Crippen LogP contribution in [0.1, 0.15) is 12.6 Å². The molecule has 4 nitrogen and oxygen atoms in total. The monoisotopic (exact) mass is 304 g/mol. The Morgan fingerprint density at radius 3 is 2.67 bits per heavy atom. The number of halogens is 1. The fourth-order valence-corrected chi connectivity index (χ4v) is 2.06. The highest BCUT2D eigenvalue weighted by atomic mass is 35.5. The van der Waals surface area contributed by atoms with Gasteiger partial charge in [0.25, 0.3) is 0 Å². The zero-order valence-corrected chi connectivity index (χ0v) is 12.5. The van der Waals surface area contributed by atoms with Gasteiger partial charge in [-0.05, 0) is 31.2 Å². The number of ether oxygens (including phenoxy) is 1. The average Bonchev–Trinajstić information content (AvgIpc) is 2.48. The van der Waals surface area contributed by atoms with Gasteiger partial charge in [0.15, 0.2) is 0 Å². The van der Waals surface area contributed by atoms with Crippen molar-refractivity contribution in [3.63, 3.8) is 0 Å². The first kappa shape index (κ1) is 15.5. The fraction of sp³-hybridized carbons (Fsp3) is 0.250. The quantitative estimate of drug-likeness (QED) is 0.863. The normalized spacial score (nSPS) is 12.0. The lowest BCUT2D eigenvalue weighted by Crippen LogP contribution is -2.34. The van der Waals surface area contributed by atoms with E-state index in [1.54, 1.807) is 6.92 Å². The van der Waals surface area contributed by atoms with Crippen molar-refractivity contribution < 1.29 is 9.53 Å². The zero-order valence-electron chi connectivity index (χ0n) is 11.8. The van der Waals surface area contributed by atoms with E-state index >= 15 is 0 Å². The minimum absolute atomic E-state index is 0.324. The van der Waals surface area contributed by atoms with Crippen molar-refractivity contribution in [2.75, 3.05) is 6.61 Å². The molecule has 2 aromatic rings. The van der Waals surface area contributed by atoms with E-state index in [9.17, 15) is 4.79 Å². The second-order valence-corrected chi connectivity index (χ2v) is 5.02. The number of nitrogens with zero attached hydrogens (tertiary/aromatic N) is 1. The van der Waals surface area contributed by atoms with Gasteiger partial charge < -0.3 is 10.5 Å². The van der Waals surface area contributed by atoms with Crippen LogP contribution >= 0.6 is 11.6 Å². The molecule has 5 heteroatoms. The highest BCUT2D eigenvalue weighted by Crippen LogP contribution is 2.20. The maximum Gasteiger partial charge on any atom is 0.323 e. The van der Waals surface area contributed by atoms with Crippen LogP contribution in [0.2, 0.25) is 5.02 Å². The van der Waals surface area contributed by atoms with Gasteiger partial charge in [0, 0.05) is 22.7 Å². The van der Waals surface area contributed by atoms with E-state index < -0.39 is 12.0 Å². The summed E-state index contributed by atoms with van der Waals surface area (Å²) in [6.07, 6.45) is 0.347. The summed E-state index contributed by atoms with van der Waals surface area (Å²) in [5.74, 6) is -0.406. The first-order valence-electron chi connectivity index (χ1n) is 6.74. The Bertz CT molecular complexity index is 614. The van der Waals surface area contributed by atoms with Crippen LogP contribution in [0.3, 0.4) is 0 Å². The molecule has 1 atom stereocenters. The molecular weight excluding hydrogens is 288 g/mol. The summed E-state index contributed by atoms with van der Waals surface area (Å²) in [6, 6.07) is 12.4. The van der Waals surface area contributed by atoms with Crippen LogP contribution in [0.4, 0.5) is 0 Å². The third kappa shape index (κ3) is 4.28. The van der Waals surface area contributed by atoms with E-state index in [1.807, 2.05) is 42.5 Å². The molecule has 0 aliphatic rings. The molecule has 1 aromatic heterocycles. The van der Waals surface area contributed by atoms with Gasteiger partial charge in [-0.1, -0.05) is 29.8 Å². The lowest BCUT2D eigenvalue weighted by atomic mass is 10.1. The molecule has 0 spiro atoms. The van der Waals surface area contributed by atoms with Crippen LogP contribution in [-0.4, -0.2) is 23.6 Å². The van der Waals surface area contributed by atoms with Gasteiger partial charge in [-0.15, -0.1) is 0 Å². The third-order valence-electron chi connectivity index (χ3n) is 2.97. The maximum atomic E-state index is 11.6. The number of rotatable bonds is 5. The molecule has 1 heterocycles. The summed E-state index contributed by atoms with van der Waals surface area (Å²) >= 11 is 5.88. The van der Waals surface area contributed by atoms with Gasteiger partial charge >= 0.3 is 5.97 Å². The van der Waals surface area contributed by atoms with Gasteiger partial charge in [-0.2, -0.15) is 0 Å². The third-order valence-corrected chi connectivity index (χ3v) is 3.22. The van der Waals surface area contributed by atoms with Crippen molar-refractivity contribution in [3.05, 3.63) is 53.2 Å². The first-order chi connectivity index (χ1) is 10.1. The van der Waals surface area contributed by atoms with E-state index in [2.05, 4.69) is 4.98 Å². The summed E-state index contributed by atoms with van der Waals surface area (Å²) in [4.78, 5) is 16.1. The average molecular weight is 305 g/mol. The van der Waals surface area contributed by atoms with Crippen molar-refractivity contribution in [3.8, 4) is 11.3 Å². The Hall–Kier alpha value is -1.91. The van der Waals surface area contributed by atoms with Crippen molar-refractivity contribution >= 4 is 17.6 Å². The molecule has 110 valence electrons. The molecule has 0 bridgehead atoms. The molecular formula is C16H17ClN2O2. The molecule has 0 saturated heterocycles. The number of hydrogen-bond acceptors (Lipinski definition) is 4. The maximum absolute atomic E-state index is 11.6. The van der Waals surface area contributed by atoms with E-state index in [4.69, 9.17) is 22.1 Å². The molecule has 1 unspecified atom stereocenters. The lowest BCUT2D eigenvalue weighted by molar-refractivity contribution is -0.144. The number of carbonyl (C=O) groups is 1. The van der Waals surface area contributed by atoms with Crippen molar-refractivity contribution in [2.24, 2.45) is 5.73 Å². The summed E-state index contributed by atoms with van der Waals surface area (Å²) < 4.78 is 4.90. The smallest absolute Gasteiger partial charge is 0.323 e. The van der Waals surface area contributed by atoms with E-state index in [1.165, 1.54) is 0 Å². The van der Waals surface area contributed by atoms with Gasteiger partial charge in [-0.25, -0.2) is 0 Å². The minimum Gasteiger partial charge on any atom is -0.465 e. The summed E-state index contributed by atoms with van der Waals surface area (Å²) in [6.45, 7) is 2.08. The molecule has 2 rings (SSSR count). The summed E-state index contributed by atoms with van der Waals surface area (Å²) in [5.41, 5.74) is 8.35. The lowest BCUT2D eigenvalue weighted by Gasteiger charge is -2.11. The first-order valence-corrected chi connectivity index (χ1v) is 7.12. The van der Waals surface area contributed by atoms with Crippen LogP contribution in [-0.2, 0) is 16.0 Å². The molecule has 0 saturated carbocycles. The number of carbonyl (C=O) groups excluding carboxylic acids is 1. The number of esters is 1. The van der Waals surface area contributed by atoms with Gasteiger partial charge in [-0.3, -0.25) is 9.78 Å². The molecule has 0 fully saturated rings. The predicted molar refractivity (Wildman–Crippen MR) is 83.0 cm³/mol. The molecule has 1 aromatic carbocycles. The summed E-state index contributed by atoms with van der Waals surface area (Å²) in [5, 5.41) is 0.680. The van der Waals surface area contributed by atoms with E-state index in [0.29, 0.717) is 18.1 Å². The van der Waals surface area contributed by atoms with Crippen molar-refractivity contribution in [1.82, 2.24) is 4.98 Å². The molecule has 0 radical (unpaired) electrons. The Labute approximate surface area is 128 Å². The number of hydrogen-bond donors (Lipinski definition) is 1. The number of benzene rings is 1. The Balaban J connectivity index is 2.14. The van der Waals surface area contributed by atoms with Crippen LogP contribution in [0.25, 0.3) is 11.3 Å². The SMILES string of the molecule is CCOC(=O)C(N)Cc1cccc(-c2ccc(Cl)cc2)n1. The molecule has 2 N–H and O–H groups in total. The standard InChI is InChI=1S/C16H17ClN2O2/c1-2-21-16(20)14(18)10-13-4-3-5-15(19-13)11-6-8-12(17)9-7-11/h3-9,14H,2,10,18H2,1H3. The Morgan fingerprint density at radius 2 is 2.00 bits per heavy atom. The Kier molecular flexibility index (Phi) is 5.31. The van der Waals surface area contributed by atoms with Gasteiger partial charge in [0.05, 0.1) is 12.3 Å². The highest BCUT2D eigenvalue weighted by Gasteiger charge is 2.16. The number of nitrogens with two attached hydrogens (primary N) is 1. The zero-order chi connectivity index (χ0) is 15.2. The molecule has 0 amide bonds. The van der Waals surface area contributed by atoms with Crippen molar-refractivity contribution in [2.45, 2.75) is 19.4 Å². The van der Waals surface area contributed by atoms with Crippen LogP contribution in [0.5, 0.6) is 0 Å². The molecule has 0 aliphatic carbocycles. The summed E-state index contributed by atoms with van der Waals surface area (Å²) in [7, 11) is 0. The number of aromatic nitrogens is 1.